The molecular formula is C14H20N4. The minimum Gasteiger partial charge on any atom is -0.367 e. The van der Waals surface area contributed by atoms with E-state index in [1.807, 2.05) is 19.9 Å². The molecule has 0 aromatic carbocycles. The summed E-state index contributed by atoms with van der Waals surface area (Å²) in [6.45, 7) is 5.99. The second kappa shape index (κ2) is 5.36. The van der Waals surface area contributed by atoms with E-state index in [-0.39, 0.29) is 0 Å². The van der Waals surface area contributed by atoms with Gasteiger partial charge in [0, 0.05) is 18.3 Å². The fourth-order valence-electron chi connectivity index (χ4n) is 2.38. The van der Waals surface area contributed by atoms with E-state index in [4.69, 9.17) is 5.26 Å². The van der Waals surface area contributed by atoms with Gasteiger partial charge in [-0.2, -0.15) is 5.26 Å². The normalized spacial score (nSPS) is 19.8. The van der Waals surface area contributed by atoms with Crippen LogP contribution in [0.3, 0.4) is 0 Å². The fraction of sp³-hybridized carbons (Fsp3) is 0.571. The zero-order valence-electron chi connectivity index (χ0n) is 11.3. The van der Waals surface area contributed by atoms with Crippen molar-refractivity contribution in [3.8, 4) is 6.07 Å². The Morgan fingerprint density at radius 1 is 1.56 bits per heavy atom. The Bertz CT molecular complexity index is 475. The highest BCUT2D eigenvalue weighted by Crippen LogP contribution is 2.19. The molecule has 0 spiro atoms. The molecule has 1 aromatic heterocycles. The third-order valence-corrected chi connectivity index (χ3v) is 3.76. The maximum atomic E-state index is 9.14. The van der Waals surface area contributed by atoms with Crippen molar-refractivity contribution in [3.63, 3.8) is 0 Å². The summed E-state index contributed by atoms with van der Waals surface area (Å²) >= 11 is 0. The number of pyridine rings is 1. The van der Waals surface area contributed by atoms with E-state index >= 15 is 0 Å². The molecule has 18 heavy (non-hydrogen) atoms. The molecule has 4 nitrogen and oxygen atoms in total. The molecular weight excluding hydrogens is 224 g/mol. The molecule has 0 aliphatic carbocycles. The Kier molecular flexibility index (Phi) is 3.83. The molecule has 2 heterocycles. The standard InChI is InChI=1S/C14H20N4/c1-10-7-12(8-15)14(17-11(10)2)16-9-13-5-4-6-18(13)3/h7,13H,4-6,9H2,1-3H3,(H,16,17). The van der Waals surface area contributed by atoms with Gasteiger partial charge in [-0.25, -0.2) is 4.98 Å². The summed E-state index contributed by atoms with van der Waals surface area (Å²) in [4.78, 5) is 6.84. The van der Waals surface area contributed by atoms with Crippen molar-refractivity contribution in [3.05, 3.63) is 22.9 Å². The molecule has 1 saturated heterocycles. The molecule has 1 unspecified atom stereocenters. The summed E-state index contributed by atoms with van der Waals surface area (Å²) in [5, 5.41) is 12.5. The lowest BCUT2D eigenvalue weighted by Crippen LogP contribution is -2.32. The van der Waals surface area contributed by atoms with Crippen LogP contribution < -0.4 is 5.32 Å². The quantitative estimate of drug-likeness (QED) is 0.884. The third-order valence-electron chi connectivity index (χ3n) is 3.76. The fourth-order valence-corrected chi connectivity index (χ4v) is 2.38. The van der Waals surface area contributed by atoms with Crippen molar-refractivity contribution >= 4 is 5.82 Å². The summed E-state index contributed by atoms with van der Waals surface area (Å²) in [7, 11) is 2.15. The molecule has 0 saturated carbocycles. The topological polar surface area (TPSA) is 52.0 Å². The van der Waals surface area contributed by atoms with E-state index in [1.165, 1.54) is 12.8 Å². The molecule has 1 aromatic rings. The number of likely N-dealkylation sites (tertiary alicyclic amines) is 1. The molecule has 2 rings (SSSR count). The summed E-state index contributed by atoms with van der Waals surface area (Å²) in [5.74, 6) is 0.723. The van der Waals surface area contributed by atoms with Crippen LogP contribution >= 0.6 is 0 Å². The second-order valence-electron chi connectivity index (χ2n) is 5.06. The average Bonchev–Trinajstić information content (AvgIpc) is 2.76. The first-order valence-corrected chi connectivity index (χ1v) is 6.44. The Morgan fingerprint density at radius 3 is 2.94 bits per heavy atom. The molecule has 0 radical (unpaired) electrons. The molecule has 96 valence electrons. The number of anilines is 1. The second-order valence-corrected chi connectivity index (χ2v) is 5.06. The van der Waals surface area contributed by atoms with E-state index in [9.17, 15) is 0 Å². The van der Waals surface area contributed by atoms with E-state index in [1.54, 1.807) is 0 Å². The van der Waals surface area contributed by atoms with Crippen molar-refractivity contribution in [2.75, 3.05) is 25.5 Å². The molecule has 1 fully saturated rings. The first kappa shape index (κ1) is 12.8. The van der Waals surface area contributed by atoms with Gasteiger partial charge in [0.15, 0.2) is 0 Å². The van der Waals surface area contributed by atoms with Crippen molar-refractivity contribution in [1.82, 2.24) is 9.88 Å². The molecule has 4 heteroatoms. The number of hydrogen-bond acceptors (Lipinski definition) is 4. The van der Waals surface area contributed by atoms with Crippen LogP contribution in [0.15, 0.2) is 6.07 Å². The monoisotopic (exact) mass is 244 g/mol. The highest BCUT2D eigenvalue weighted by molar-refractivity contribution is 5.54. The van der Waals surface area contributed by atoms with Crippen LogP contribution in [0.25, 0.3) is 0 Å². The van der Waals surface area contributed by atoms with Gasteiger partial charge in [0.2, 0.25) is 0 Å². The van der Waals surface area contributed by atoms with E-state index in [2.05, 4.69) is 28.3 Å². The Morgan fingerprint density at radius 2 is 2.33 bits per heavy atom. The maximum Gasteiger partial charge on any atom is 0.144 e. The number of nitrogens with zero attached hydrogens (tertiary/aromatic N) is 3. The number of hydrogen-bond donors (Lipinski definition) is 1. The number of nitriles is 1. The molecule has 0 amide bonds. The third kappa shape index (κ3) is 2.62. The Balaban J connectivity index is 2.09. The highest BCUT2D eigenvalue weighted by atomic mass is 15.2. The summed E-state index contributed by atoms with van der Waals surface area (Å²) in [5.41, 5.74) is 2.69. The zero-order chi connectivity index (χ0) is 13.1. The van der Waals surface area contributed by atoms with Gasteiger partial charge >= 0.3 is 0 Å². The van der Waals surface area contributed by atoms with E-state index < -0.39 is 0 Å². The lowest BCUT2D eigenvalue weighted by Gasteiger charge is -2.20. The van der Waals surface area contributed by atoms with Crippen molar-refractivity contribution < 1.29 is 0 Å². The number of likely N-dealkylation sites (N-methyl/N-ethyl adjacent to an activating group) is 1. The molecule has 0 bridgehead atoms. The van der Waals surface area contributed by atoms with Crippen LogP contribution in [0.2, 0.25) is 0 Å². The lowest BCUT2D eigenvalue weighted by atomic mass is 10.1. The largest absolute Gasteiger partial charge is 0.367 e. The van der Waals surface area contributed by atoms with Crippen LogP contribution in [-0.4, -0.2) is 36.1 Å². The molecule has 1 aliphatic heterocycles. The highest BCUT2D eigenvalue weighted by Gasteiger charge is 2.20. The van der Waals surface area contributed by atoms with Crippen LogP contribution in [0.5, 0.6) is 0 Å². The van der Waals surface area contributed by atoms with Gasteiger partial charge in [0.25, 0.3) is 0 Å². The predicted octanol–water partition coefficient (Wildman–Crippen LogP) is 2.08. The number of rotatable bonds is 3. The summed E-state index contributed by atoms with van der Waals surface area (Å²) in [6.07, 6.45) is 2.48. The molecule has 1 aliphatic rings. The number of aryl methyl sites for hydroxylation is 2. The van der Waals surface area contributed by atoms with Gasteiger partial charge in [-0.1, -0.05) is 0 Å². The van der Waals surface area contributed by atoms with Gasteiger partial charge in [-0.15, -0.1) is 0 Å². The van der Waals surface area contributed by atoms with Crippen LogP contribution in [0, 0.1) is 25.2 Å². The lowest BCUT2D eigenvalue weighted by molar-refractivity contribution is 0.322. The van der Waals surface area contributed by atoms with Gasteiger partial charge in [0.1, 0.15) is 11.9 Å². The van der Waals surface area contributed by atoms with Gasteiger partial charge in [0.05, 0.1) is 5.56 Å². The van der Waals surface area contributed by atoms with Crippen molar-refractivity contribution in [1.29, 1.82) is 5.26 Å². The van der Waals surface area contributed by atoms with Gasteiger partial charge in [-0.3, -0.25) is 0 Å². The number of nitrogens with one attached hydrogen (secondary N) is 1. The number of aromatic nitrogens is 1. The van der Waals surface area contributed by atoms with Gasteiger partial charge in [-0.05, 0) is 51.9 Å². The maximum absolute atomic E-state index is 9.14. The van der Waals surface area contributed by atoms with E-state index in [0.29, 0.717) is 11.6 Å². The Hall–Kier alpha value is -1.60. The zero-order valence-corrected chi connectivity index (χ0v) is 11.3. The summed E-state index contributed by atoms with van der Waals surface area (Å²) < 4.78 is 0. The van der Waals surface area contributed by atoms with Crippen LogP contribution in [0.1, 0.15) is 29.7 Å². The minimum atomic E-state index is 0.556. The van der Waals surface area contributed by atoms with E-state index in [0.717, 1.165) is 30.2 Å². The minimum absolute atomic E-state index is 0.556. The average molecular weight is 244 g/mol. The molecule has 1 N–H and O–H groups in total. The van der Waals surface area contributed by atoms with Crippen molar-refractivity contribution in [2.45, 2.75) is 32.7 Å². The van der Waals surface area contributed by atoms with Crippen LogP contribution in [-0.2, 0) is 0 Å². The smallest absolute Gasteiger partial charge is 0.144 e. The summed E-state index contributed by atoms with van der Waals surface area (Å²) in [6, 6.07) is 4.67. The Labute approximate surface area is 109 Å². The SMILES string of the molecule is Cc1cc(C#N)c(NCC2CCCN2C)nc1C. The first-order valence-electron chi connectivity index (χ1n) is 6.44. The first-order chi connectivity index (χ1) is 8.61. The van der Waals surface area contributed by atoms with Crippen LogP contribution in [0.4, 0.5) is 5.82 Å². The molecule has 1 atom stereocenters. The van der Waals surface area contributed by atoms with Crippen molar-refractivity contribution in [2.24, 2.45) is 0 Å². The predicted molar refractivity (Wildman–Crippen MR) is 72.6 cm³/mol. The van der Waals surface area contributed by atoms with Gasteiger partial charge < -0.3 is 10.2 Å².